The van der Waals surface area contributed by atoms with Gasteiger partial charge in [0.15, 0.2) is 0 Å². The number of rotatable bonds is 6. The first kappa shape index (κ1) is 20.5. The van der Waals surface area contributed by atoms with Crippen LogP contribution in [0.1, 0.15) is 45.9 Å². The van der Waals surface area contributed by atoms with Crippen molar-refractivity contribution in [2.45, 2.75) is 37.6 Å². The number of hydrogen-bond donors (Lipinski definition) is 2. The van der Waals surface area contributed by atoms with Gasteiger partial charge in [0, 0.05) is 12.1 Å². The summed E-state index contributed by atoms with van der Waals surface area (Å²) in [5.74, 6) is -0.298. The standard InChI is InChI=1S/C21H27N3O3S/c1-15-12-18(13-20(16(15)2)28(22,26)27)21(25)23-14-19(24-10-6-7-11-24)17-8-4-3-5-9-17/h3-5,8-9,12-13,19H,6-7,10-11,14H2,1-2H3,(H,23,25)(H2,22,26,27). The van der Waals surface area contributed by atoms with E-state index in [0.29, 0.717) is 17.7 Å². The molecule has 0 bridgehead atoms. The van der Waals surface area contributed by atoms with Crippen molar-refractivity contribution in [2.75, 3.05) is 19.6 Å². The normalized spacial score (nSPS) is 16.1. The summed E-state index contributed by atoms with van der Waals surface area (Å²) in [6.07, 6.45) is 2.32. The van der Waals surface area contributed by atoms with E-state index < -0.39 is 10.0 Å². The van der Waals surface area contributed by atoms with E-state index in [1.165, 1.54) is 6.07 Å². The van der Waals surface area contributed by atoms with Gasteiger partial charge in [-0.2, -0.15) is 0 Å². The molecule has 150 valence electrons. The molecule has 0 radical (unpaired) electrons. The SMILES string of the molecule is Cc1cc(C(=O)NCC(c2ccccc2)N2CCCC2)cc(S(N)(=O)=O)c1C. The lowest BCUT2D eigenvalue weighted by Gasteiger charge is -2.28. The highest BCUT2D eigenvalue weighted by Gasteiger charge is 2.24. The van der Waals surface area contributed by atoms with Crippen LogP contribution in [0.2, 0.25) is 0 Å². The van der Waals surface area contributed by atoms with Crippen molar-refractivity contribution in [3.05, 3.63) is 64.7 Å². The molecule has 1 atom stereocenters. The molecule has 0 aromatic heterocycles. The fourth-order valence-corrected chi connectivity index (χ4v) is 4.61. The molecule has 0 saturated carbocycles. The average Bonchev–Trinajstić information content (AvgIpc) is 3.18. The highest BCUT2D eigenvalue weighted by molar-refractivity contribution is 7.89. The van der Waals surface area contributed by atoms with E-state index >= 15 is 0 Å². The number of carbonyl (C=O) groups excluding carboxylic acids is 1. The number of primary sulfonamides is 1. The summed E-state index contributed by atoms with van der Waals surface area (Å²) in [5, 5.41) is 8.29. The Balaban J connectivity index is 1.81. The second kappa shape index (κ2) is 8.43. The fourth-order valence-electron chi connectivity index (χ4n) is 3.73. The minimum absolute atomic E-state index is 0.00296. The largest absolute Gasteiger partial charge is 0.350 e. The molecule has 1 fully saturated rings. The molecule has 6 nitrogen and oxygen atoms in total. The number of likely N-dealkylation sites (tertiary alicyclic amines) is 1. The van der Waals surface area contributed by atoms with E-state index in [1.807, 2.05) is 18.2 Å². The second-order valence-electron chi connectivity index (χ2n) is 7.34. The number of benzene rings is 2. The van der Waals surface area contributed by atoms with Gasteiger partial charge >= 0.3 is 0 Å². The molecule has 0 spiro atoms. The average molecular weight is 402 g/mol. The van der Waals surface area contributed by atoms with Crippen molar-refractivity contribution in [1.29, 1.82) is 0 Å². The monoisotopic (exact) mass is 401 g/mol. The van der Waals surface area contributed by atoms with Crippen LogP contribution in [-0.2, 0) is 10.0 Å². The molecule has 1 unspecified atom stereocenters. The summed E-state index contributed by atoms with van der Waals surface area (Å²) in [4.78, 5) is 15.2. The Morgan fingerprint density at radius 2 is 1.79 bits per heavy atom. The van der Waals surface area contributed by atoms with Crippen LogP contribution < -0.4 is 10.5 Å². The third-order valence-electron chi connectivity index (χ3n) is 5.41. The van der Waals surface area contributed by atoms with Crippen LogP contribution in [0.3, 0.4) is 0 Å². The zero-order valence-electron chi connectivity index (χ0n) is 16.3. The summed E-state index contributed by atoms with van der Waals surface area (Å²) < 4.78 is 23.7. The molecule has 0 aliphatic carbocycles. The third-order valence-corrected chi connectivity index (χ3v) is 6.45. The zero-order valence-corrected chi connectivity index (χ0v) is 17.1. The van der Waals surface area contributed by atoms with E-state index in [9.17, 15) is 13.2 Å². The van der Waals surface area contributed by atoms with Gasteiger partial charge in [-0.1, -0.05) is 30.3 Å². The Morgan fingerprint density at radius 3 is 2.39 bits per heavy atom. The van der Waals surface area contributed by atoms with Crippen LogP contribution in [0.5, 0.6) is 0 Å². The number of amides is 1. The summed E-state index contributed by atoms with van der Waals surface area (Å²) in [5.41, 5.74) is 2.75. The van der Waals surface area contributed by atoms with Gasteiger partial charge in [0.2, 0.25) is 10.0 Å². The first-order chi connectivity index (χ1) is 13.3. The number of nitrogens with one attached hydrogen (secondary N) is 1. The van der Waals surface area contributed by atoms with Crippen molar-refractivity contribution in [3.63, 3.8) is 0 Å². The molecule has 1 aliphatic heterocycles. The van der Waals surface area contributed by atoms with Crippen LogP contribution in [0, 0.1) is 13.8 Å². The Morgan fingerprint density at radius 1 is 1.14 bits per heavy atom. The van der Waals surface area contributed by atoms with Gasteiger partial charge in [-0.15, -0.1) is 0 Å². The maximum Gasteiger partial charge on any atom is 0.251 e. The highest BCUT2D eigenvalue weighted by Crippen LogP contribution is 2.25. The van der Waals surface area contributed by atoms with Gasteiger partial charge in [-0.3, -0.25) is 9.69 Å². The molecule has 1 heterocycles. The fraction of sp³-hybridized carbons (Fsp3) is 0.381. The van der Waals surface area contributed by atoms with Gasteiger partial charge in [0.05, 0.1) is 10.9 Å². The van der Waals surface area contributed by atoms with Crippen molar-refractivity contribution in [1.82, 2.24) is 10.2 Å². The summed E-state index contributed by atoms with van der Waals surface area (Å²) >= 11 is 0. The Hall–Kier alpha value is -2.22. The van der Waals surface area contributed by atoms with Crippen molar-refractivity contribution < 1.29 is 13.2 Å². The minimum Gasteiger partial charge on any atom is -0.350 e. The van der Waals surface area contributed by atoms with Crippen molar-refractivity contribution >= 4 is 15.9 Å². The molecule has 2 aromatic rings. The molecule has 7 heteroatoms. The lowest BCUT2D eigenvalue weighted by atomic mass is 10.0. The predicted molar refractivity (Wildman–Crippen MR) is 110 cm³/mol. The number of sulfonamides is 1. The molecule has 3 N–H and O–H groups in total. The molecule has 1 aliphatic rings. The quantitative estimate of drug-likeness (QED) is 0.778. The first-order valence-corrected chi connectivity index (χ1v) is 11.0. The lowest BCUT2D eigenvalue weighted by Crippen LogP contribution is -2.37. The molecule has 1 amide bonds. The van der Waals surface area contributed by atoms with Gasteiger partial charge in [0.1, 0.15) is 0 Å². The molecule has 1 saturated heterocycles. The Bertz CT molecular complexity index is 952. The summed E-state index contributed by atoms with van der Waals surface area (Å²) in [7, 11) is -3.89. The summed E-state index contributed by atoms with van der Waals surface area (Å²) in [6.45, 7) is 5.94. The maximum absolute atomic E-state index is 12.8. The van der Waals surface area contributed by atoms with Crippen LogP contribution in [0.4, 0.5) is 0 Å². The molecule has 28 heavy (non-hydrogen) atoms. The van der Waals surface area contributed by atoms with E-state index in [4.69, 9.17) is 5.14 Å². The van der Waals surface area contributed by atoms with Crippen molar-refractivity contribution in [2.24, 2.45) is 5.14 Å². The topological polar surface area (TPSA) is 92.5 Å². The summed E-state index contributed by atoms with van der Waals surface area (Å²) in [6, 6.07) is 13.3. The van der Waals surface area contributed by atoms with E-state index in [2.05, 4.69) is 22.3 Å². The molecular weight excluding hydrogens is 374 g/mol. The van der Waals surface area contributed by atoms with Crippen LogP contribution >= 0.6 is 0 Å². The van der Waals surface area contributed by atoms with Gasteiger partial charge < -0.3 is 5.32 Å². The molecule has 3 rings (SSSR count). The van der Waals surface area contributed by atoms with E-state index in [0.717, 1.165) is 37.1 Å². The zero-order chi connectivity index (χ0) is 20.3. The Kier molecular flexibility index (Phi) is 6.17. The smallest absolute Gasteiger partial charge is 0.251 e. The van der Waals surface area contributed by atoms with Crippen LogP contribution in [0.15, 0.2) is 47.4 Å². The van der Waals surface area contributed by atoms with E-state index in [1.54, 1.807) is 19.9 Å². The number of hydrogen-bond acceptors (Lipinski definition) is 4. The number of nitrogens with zero attached hydrogens (tertiary/aromatic N) is 1. The third kappa shape index (κ3) is 4.60. The highest BCUT2D eigenvalue weighted by atomic mass is 32.2. The predicted octanol–water partition coefficient (Wildman–Crippen LogP) is 2.52. The maximum atomic E-state index is 12.8. The van der Waals surface area contributed by atoms with Crippen LogP contribution in [0.25, 0.3) is 0 Å². The molecule has 2 aromatic carbocycles. The number of aryl methyl sites for hydroxylation is 1. The van der Waals surface area contributed by atoms with E-state index in [-0.39, 0.29) is 16.8 Å². The van der Waals surface area contributed by atoms with Gasteiger partial charge in [-0.25, -0.2) is 13.6 Å². The Labute approximate surface area is 166 Å². The van der Waals surface area contributed by atoms with Crippen LogP contribution in [-0.4, -0.2) is 38.9 Å². The van der Waals surface area contributed by atoms with Gasteiger partial charge in [0.25, 0.3) is 5.91 Å². The molecular formula is C21H27N3O3S. The van der Waals surface area contributed by atoms with Gasteiger partial charge in [-0.05, 0) is 68.6 Å². The first-order valence-electron chi connectivity index (χ1n) is 9.48. The number of nitrogens with two attached hydrogens (primary N) is 1. The second-order valence-corrected chi connectivity index (χ2v) is 8.87. The minimum atomic E-state index is -3.89. The van der Waals surface area contributed by atoms with Crippen molar-refractivity contribution in [3.8, 4) is 0 Å². The number of carbonyl (C=O) groups is 1. The lowest BCUT2D eigenvalue weighted by molar-refractivity contribution is 0.0937.